The molecule has 0 bridgehead atoms. The topological polar surface area (TPSA) is 92.0 Å². The lowest BCUT2D eigenvalue weighted by molar-refractivity contribution is -0.239. The fourth-order valence-corrected chi connectivity index (χ4v) is 3.55. The maximum atomic E-state index is 13.6. The van der Waals surface area contributed by atoms with Crippen LogP contribution in [-0.4, -0.2) is 57.4 Å². The Labute approximate surface area is 146 Å². The molecule has 0 radical (unpaired) electrons. The Morgan fingerprint density at radius 1 is 0.923 bits per heavy atom. The molecule has 0 aromatic carbocycles. The lowest BCUT2D eigenvalue weighted by Crippen LogP contribution is -2.60. The fourth-order valence-electron chi connectivity index (χ4n) is 3.55. The number of nitrogens with zero attached hydrogens (tertiary/aromatic N) is 1. The van der Waals surface area contributed by atoms with Crippen molar-refractivity contribution in [1.82, 2.24) is 4.98 Å². The second kappa shape index (κ2) is 7.63. The monoisotopic (exact) mass is 381 g/mol. The summed E-state index contributed by atoms with van der Waals surface area (Å²) in [6.07, 6.45) is -3.12. The molecule has 5 atom stereocenters. The Bertz CT molecular complexity index is 632. The molecule has 1 saturated heterocycles. The summed E-state index contributed by atoms with van der Waals surface area (Å²) in [5, 5.41) is 30.2. The Morgan fingerprint density at radius 3 is 2.08 bits per heavy atom. The molecule has 0 spiro atoms. The minimum Gasteiger partial charge on any atom is -0.485 e. The van der Waals surface area contributed by atoms with E-state index in [1.165, 1.54) is 0 Å². The highest BCUT2D eigenvalue weighted by Gasteiger charge is 2.47. The van der Waals surface area contributed by atoms with Crippen LogP contribution in [-0.2, 0) is 4.74 Å². The molecule has 0 amide bonds. The van der Waals surface area contributed by atoms with Crippen LogP contribution in [0.2, 0.25) is 0 Å². The maximum absolute atomic E-state index is 13.6. The molecule has 10 heteroatoms. The first-order valence-electron chi connectivity index (χ1n) is 8.33. The summed E-state index contributed by atoms with van der Waals surface area (Å²) in [6.45, 7) is -0.690. The van der Waals surface area contributed by atoms with Gasteiger partial charge in [0.2, 0.25) is 17.4 Å². The number of aliphatic hydroxyl groups is 3. The van der Waals surface area contributed by atoms with E-state index in [2.05, 4.69) is 4.98 Å². The smallest absolute Gasteiger partial charge is 0.255 e. The van der Waals surface area contributed by atoms with Crippen molar-refractivity contribution in [2.75, 3.05) is 6.61 Å². The molecule has 6 nitrogen and oxygen atoms in total. The van der Waals surface area contributed by atoms with Crippen LogP contribution < -0.4 is 4.74 Å². The molecule has 146 valence electrons. The van der Waals surface area contributed by atoms with Crippen LogP contribution in [0.15, 0.2) is 0 Å². The van der Waals surface area contributed by atoms with Gasteiger partial charge in [0.25, 0.3) is 11.9 Å². The highest BCUT2D eigenvalue weighted by Crippen LogP contribution is 2.36. The van der Waals surface area contributed by atoms with Crippen molar-refractivity contribution in [3.8, 4) is 5.75 Å². The van der Waals surface area contributed by atoms with Gasteiger partial charge in [0, 0.05) is 0 Å². The van der Waals surface area contributed by atoms with Gasteiger partial charge in [0.05, 0.1) is 6.10 Å². The van der Waals surface area contributed by atoms with Crippen molar-refractivity contribution in [3.05, 3.63) is 23.5 Å². The van der Waals surface area contributed by atoms with Gasteiger partial charge in [-0.15, -0.1) is 0 Å². The number of aliphatic hydroxyl groups excluding tert-OH is 3. The predicted molar refractivity (Wildman–Crippen MR) is 78.2 cm³/mol. The van der Waals surface area contributed by atoms with Crippen LogP contribution in [0.1, 0.15) is 25.7 Å². The summed E-state index contributed by atoms with van der Waals surface area (Å²) in [6, 6.07) is 0. The lowest BCUT2D eigenvalue weighted by atomic mass is 9.87. The van der Waals surface area contributed by atoms with Crippen LogP contribution in [0.3, 0.4) is 0 Å². The van der Waals surface area contributed by atoms with Crippen molar-refractivity contribution in [3.63, 3.8) is 0 Å². The highest BCUT2D eigenvalue weighted by molar-refractivity contribution is 5.24. The van der Waals surface area contributed by atoms with E-state index < -0.39 is 66.4 Å². The highest BCUT2D eigenvalue weighted by atomic mass is 19.2. The summed E-state index contributed by atoms with van der Waals surface area (Å²) >= 11 is 0. The third-order valence-corrected chi connectivity index (χ3v) is 4.96. The van der Waals surface area contributed by atoms with Gasteiger partial charge in [-0.05, 0) is 18.8 Å². The molecule has 2 fully saturated rings. The zero-order chi connectivity index (χ0) is 19.0. The third-order valence-electron chi connectivity index (χ3n) is 4.96. The quantitative estimate of drug-likeness (QED) is 0.534. The summed E-state index contributed by atoms with van der Waals surface area (Å²) in [7, 11) is 0. The average Bonchev–Trinajstić information content (AvgIpc) is 3.14. The summed E-state index contributed by atoms with van der Waals surface area (Å²) in [4.78, 5) is 2.41. The zero-order valence-electron chi connectivity index (χ0n) is 13.6. The summed E-state index contributed by atoms with van der Waals surface area (Å²) in [5.41, 5.74) is 0. The molecule has 2 heterocycles. The largest absolute Gasteiger partial charge is 0.485 e. The Balaban J connectivity index is 1.74. The van der Waals surface area contributed by atoms with E-state index in [-0.39, 0.29) is 5.92 Å². The van der Waals surface area contributed by atoms with E-state index in [1.807, 2.05) is 0 Å². The third kappa shape index (κ3) is 3.51. The van der Waals surface area contributed by atoms with E-state index >= 15 is 0 Å². The average molecular weight is 381 g/mol. The van der Waals surface area contributed by atoms with Gasteiger partial charge in [-0.2, -0.15) is 22.5 Å². The predicted octanol–water partition coefficient (Wildman–Crippen LogP) is 1.06. The van der Waals surface area contributed by atoms with E-state index in [0.717, 1.165) is 25.7 Å². The number of hydrogen-bond donors (Lipinski definition) is 3. The number of rotatable bonds is 4. The lowest BCUT2D eigenvalue weighted by Gasteiger charge is -2.42. The second-order valence-electron chi connectivity index (χ2n) is 6.62. The number of ether oxygens (including phenoxy) is 2. The Hall–Kier alpha value is -1.49. The standard InChI is InChI=1S/C16H19F4NO5/c17-8-14(9(18)16(20)21-15(8)19)25-5-7-10(22)11(23)12(24)13(26-7)6-3-1-2-4-6/h6-7,10-13,22-24H,1-5H2/t7-,10-,11+,12+,13?/m1/s1. The molecule has 1 aliphatic carbocycles. The first kappa shape index (κ1) is 19.3. The van der Waals surface area contributed by atoms with Gasteiger partial charge in [-0.1, -0.05) is 12.8 Å². The molecule has 3 N–H and O–H groups in total. The van der Waals surface area contributed by atoms with Gasteiger partial charge in [0.1, 0.15) is 31.0 Å². The second-order valence-corrected chi connectivity index (χ2v) is 6.62. The zero-order valence-corrected chi connectivity index (χ0v) is 13.6. The van der Waals surface area contributed by atoms with Crippen molar-refractivity contribution in [2.45, 2.75) is 56.2 Å². The van der Waals surface area contributed by atoms with E-state index in [4.69, 9.17) is 9.47 Å². The SMILES string of the molecule is O[C@H]1[C@H](O)[C@@H](COc2c(F)c(F)nc(F)c2F)OC(C2CCCC2)[C@H]1O. The van der Waals surface area contributed by atoms with Gasteiger partial charge >= 0.3 is 0 Å². The number of hydrogen-bond acceptors (Lipinski definition) is 6. The molecule has 1 aromatic heterocycles. The van der Waals surface area contributed by atoms with Crippen LogP contribution in [0.25, 0.3) is 0 Å². The number of aromatic nitrogens is 1. The van der Waals surface area contributed by atoms with Crippen molar-refractivity contribution >= 4 is 0 Å². The van der Waals surface area contributed by atoms with Crippen molar-refractivity contribution < 1.29 is 42.4 Å². The molecule has 1 aromatic rings. The first-order valence-corrected chi connectivity index (χ1v) is 8.33. The van der Waals surface area contributed by atoms with Crippen LogP contribution >= 0.6 is 0 Å². The fraction of sp³-hybridized carbons (Fsp3) is 0.688. The van der Waals surface area contributed by atoms with Gasteiger partial charge in [-0.3, -0.25) is 0 Å². The van der Waals surface area contributed by atoms with Crippen LogP contribution in [0.5, 0.6) is 5.75 Å². The normalized spacial score (nSPS) is 32.8. The first-order chi connectivity index (χ1) is 12.3. The van der Waals surface area contributed by atoms with Gasteiger partial charge in [0.15, 0.2) is 0 Å². The van der Waals surface area contributed by atoms with Gasteiger partial charge in [-0.25, -0.2) is 0 Å². The molecule has 1 aliphatic heterocycles. The van der Waals surface area contributed by atoms with E-state index in [0.29, 0.717) is 0 Å². The Morgan fingerprint density at radius 2 is 1.50 bits per heavy atom. The van der Waals surface area contributed by atoms with E-state index in [1.54, 1.807) is 0 Å². The van der Waals surface area contributed by atoms with Crippen molar-refractivity contribution in [2.24, 2.45) is 5.92 Å². The van der Waals surface area contributed by atoms with E-state index in [9.17, 15) is 32.9 Å². The Kier molecular flexibility index (Phi) is 5.66. The minimum absolute atomic E-state index is 0.0427. The summed E-state index contributed by atoms with van der Waals surface area (Å²) < 4.78 is 63.8. The van der Waals surface area contributed by atoms with Crippen molar-refractivity contribution in [1.29, 1.82) is 0 Å². The molecular weight excluding hydrogens is 362 g/mol. The van der Waals surface area contributed by atoms with Crippen LogP contribution in [0.4, 0.5) is 17.6 Å². The number of halogens is 4. The van der Waals surface area contributed by atoms with Crippen LogP contribution in [0, 0.1) is 29.4 Å². The molecule has 2 aliphatic rings. The van der Waals surface area contributed by atoms with Gasteiger partial charge < -0.3 is 24.8 Å². The molecule has 26 heavy (non-hydrogen) atoms. The molecule has 3 rings (SSSR count). The number of pyridine rings is 1. The maximum Gasteiger partial charge on any atom is 0.255 e. The molecular formula is C16H19F4NO5. The summed E-state index contributed by atoms with van der Waals surface area (Å²) in [5.74, 6) is -8.75. The molecule has 1 unspecified atom stereocenters. The molecule has 1 saturated carbocycles. The minimum atomic E-state index is -1.87.